The highest BCUT2D eigenvalue weighted by Gasteiger charge is 2.22. The zero-order valence-corrected chi connectivity index (χ0v) is 13.5. The van der Waals surface area contributed by atoms with Crippen LogP contribution in [0.1, 0.15) is 27.7 Å². The second-order valence-corrected chi connectivity index (χ2v) is 5.29. The SMILES string of the molecule is COc1ccccc1[C@@H](NC(=O)c1cncc(F)c1)c1ccccn1. The summed E-state index contributed by atoms with van der Waals surface area (Å²) in [6.45, 7) is 0. The number of nitrogens with zero attached hydrogens (tertiary/aromatic N) is 2. The molecule has 1 atom stereocenters. The third-order valence-corrected chi connectivity index (χ3v) is 3.68. The lowest BCUT2D eigenvalue weighted by atomic mass is 10.0. The summed E-state index contributed by atoms with van der Waals surface area (Å²) in [5.41, 5.74) is 1.53. The molecule has 3 rings (SSSR count). The summed E-state index contributed by atoms with van der Waals surface area (Å²) >= 11 is 0. The van der Waals surface area contributed by atoms with Crippen LogP contribution >= 0.6 is 0 Å². The van der Waals surface area contributed by atoms with Crippen LogP contribution in [0.2, 0.25) is 0 Å². The smallest absolute Gasteiger partial charge is 0.253 e. The lowest BCUT2D eigenvalue weighted by Crippen LogP contribution is -2.30. The van der Waals surface area contributed by atoms with Crippen LogP contribution in [0.25, 0.3) is 0 Å². The summed E-state index contributed by atoms with van der Waals surface area (Å²) in [6, 6.07) is 13.4. The Hall–Kier alpha value is -3.28. The Balaban J connectivity index is 1.99. The van der Waals surface area contributed by atoms with Gasteiger partial charge in [0.25, 0.3) is 5.91 Å². The average Bonchev–Trinajstić information content (AvgIpc) is 2.66. The molecular weight excluding hydrogens is 321 g/mol. The average molecular weight is 337 g/mol. The summed E-state index contributed by atoms with van der Waals surface area (Å²) in [6.07, 6.45) is 4.01. The third kappa shape index (κ3) is 3.80. The molecule has 3 aromatic rings. The van der Waals surface area contributed by atoms with Gasteiger partial charge in [0, 0.05) is 18.0 Å². The number of halogens is 1. The molecule has 0 unspecified atom stereocenters. The van der Waals surface area contributed by atoms with Crippen molar-refractivity contribution in [1.82, 2.24) is 15.3 Å². The molecule has 1 aromatic carbocycles. The first-order valence-corrected chi connectivity index (χ1v) is 7.64. The first-order valence-electron chi connectivity index (χ1n) is 7.64. The van der Waals surface area contributed by atoms with E-state index in [2.05, 4.69) is 15.3 Å². The Labute approximate surface area is 144 Å². The molecule has 6 heteroatoms. The Morgan fingerprint density at radius 3 is 2.68 bits per heavy atom. The lowest BCUT2D eigenvalue weighted by Gasteiger charge is -2.21. The van der Waals surface area contributed by atoms with Gasteiger partial charge in [-0.3, -0.25) is 14.8 Å². The molecule has 0 radical (unpaired) electrons. The molecule has 0 bridgehead atoms. The van der Waals surface area contributed by atoms with E-state index in [0.717, 1.165) is 17.8 Å². The van der Waals surface area contributed by atoms with E-state index in [1.807, 2.05) is 24.3 Å². The van der Waals surface area contributed by atoms with Gasteiger partial charge >= 0.3 is 0 Å². The van der Waals surface area contributed by atoms with Crippen LogP contribution in [0.3, 0.4) is 0 Å². The van der Waals surface area contributed by atoms with Gasteiger partial charge in [-0.1, -0.05) is 24.3 Å². The molecule has 1 amide bonds. The molecule has 0 fully saturated rings. The Bertz CT molecular complexity index is 871. The number of carbonyl (C=O) groups is 1. The van der Waals surface area contributed by atoms with Crippen molar-refractivity contribution in [3.63, 3.8) is 0 Å². The van der Waals surface area contributed by atoms with E-state index in [4.69, 9.17) is 4.74 Å². The topological polar surface area (TPSA) is 64.1 Å². The van der Waals surface area contributed by atoms with E-state index >= 15 is 0 Å². The van der Waals surface area contributed by atoms with Gasteiger partial charge < -0.3 is 10.1 Å². The standard InChI is InChI=1S/C19H16FN3O2/c1-25-17-8-3-2-6-15(17)18(16-7-4-5-9-22-16)23-19(24)13-10-14(20)12-21-11-13/h2-12,18H,1H3,(H,23,24)/t18-/m1/s1. The summed E-state index contributed by atoms with van der Waals surface area (Å²) < 4.78 is 18.8. The predicted octanol–water partition coefficient (Wildman–Crippen LogP) is 3.14. The molecule has 1 N–H and O–H groups in total. The summed E-state index contributed by atoms with van der Waals surface area (Å²) in [5.74, 6) is -0.399. The maximum Gasteiger partial charge on any atom is 0.253 e. The fraction of sp³-hybridized carbons (Fsp3) is 0.105. The number of carbonyl (C=O) groups excluding carboxylic acids is 1. The molecular formula is C19H16FN3O2. The Morgan fingerprint density at radius 2 is 1.96 bits per heavy atom. The van der Waals surface area contributed by atoms with Crippen molar-refractivity contribution in [3.8, 4) is 5.75 Å². The van der Waals surface area contributed by atoms with Crippen molar-refractivity contribution < 1.29 is 13.9 Å². The van der Waals surface area contributed by atoms with E-state index in [1.54, 1.807) is 31.5 Å². The van der Waals surface area contributed by atoms with Crippen LogP contribution in [0.4, 0.5) is 4.39 Å². The van der Waals surface area contributed by atoms with E-state index in [-0.39, 0.29) is 5.56 Å². The van der Waals surface area contributed by atoms with Crippen LogP contribution in [-0.2, 0) is 0 Å². The minimum atomic E-state index is -0.570. The van der Waals surface area contributed by atoms with Gasteiger partial charge in [-0.2, -0.15) is 0 Å². The predicted molar refractivity (Wildman–Crippen MR) is 90.7 cm³/mol. The monoisotopic (exact) mass is 337 g/mol. The van der Waals surface area contributed by atoms with E-state index < -0.39 is 17.8 Å². The first kappa shape index (κ1) is 16.6. The quantitative estimate of drug-likeness (QED) is 0.777. The molecule has 0 saturated carbocycles. The molecule has 126 valence electrons. The zero-order chi connectivity index (χ0) is 17.6. The number of ether oxygens (including phenoxy) is 1. The number of para-hydroxylation sites is 1. The van der Waals surface area contributed by atoms with Crippen molar-refractivity contribution in [2.75, 3.05) is 7.11 Å². The molecule has 0 spiro atoms. The van der Waals surface area contributed by atoms with Crippen molar-refractivity contribution >= 4 is 5.91 Å². The number of aromatic nitrogens is 2. The highest BCUT2D eigenvalue weighted by molar-refractivity contribution is 5.94. The van der Waals surface area contributed by atoms with Crippen LogP contribution in [0, 0.1) is 5.82 Å². The minimum Gasteiger partial charge on any atom is -0.496 e. The Kier molecular flexibility index (Phi) is 4.99. The van der Waals surface area contributed by atoms with Gasteiger partial charge in [0.05, 0.1) is 24.6 Å². The number of pyridine rings is 2. The maximum absolute atomic E-state index is 13.4. The van der Waals surface area contributed by atoms with Gasteiger partial charge in [-0.25, -0.2) is 4.39 Å². The molecule has 0 aliphatic rings. The van der Waals surface area contributed by atoms with Crippen molar-refractivity contribution in [2.45, 2.75) is 6.04 Å². The fourth-order valence-electron chi connectivity index (χ4n) is 2.51. The minimum absolute atomic E-state index is 0.135. The number of methoxy groups -OCH3 is 1. The highest BCUT2D eigenvalue weighted by atomic mass is 19.1. The number of rotatable bonds is 5. The van der Waals surface area contributed by atoms with Crippen molar-refractivity contribution in [2.24, 2.45) is 0 Å². The van der Waals surface area contributed by atoms with Gasteiger partial charge in [0.1, 0.15) is 17.6 Å². The van der Waals surface area contributed by atoms with Gasteiger partial charge in [-0.05, 0) is 24.3 Å². The number of amides is 1. The lowest BCUT2D eigenvalue weighted by molar-refractivity contribution is 0.0941. The number of hydrogen-bond acceptors (Lipinski definition) is 4. The van der Waals surface area contributed by atoms with Crippen molar-refractivity contribution in [1.29, 1.82) is 0 Å². The largest absolute Gasteiger partial charge is 0.496 e. The third-order valence-electron chi connectivity index (χ3n) is 3.68. The van der Waals surface area contributed by atoms with Crippen LogP contribution in [0.5, 0.6) is 5.75 Å². The van der Waals surface area contributed by atoms with Gasteiger partial charge in [0.2, 0.25) is 0 Å². The van der Waals surface area contributed by atoms with E-state index in [0.29, 0.717) is 11.4 Å². The van der Waals surface area contributed by atoms with Crippen LogP contribution < -0.4 is 10.1 Å². The molecule has 2 heterocycles. The van der Waals surface area contributed by atoms with Gasteiger partial charge in [-0.15, -0.1) is 0 Å². The second kappa shape index (κ2) is 7.53. The molecule has 5 nitrogen and oxygen atoms in total. The number of nitrogens with one attached hydrogen (secondary N) is 1. The van der Waals surface area contributed by atoms with E-state index in [1.165, 1.54) is 6.20 Å². The highest BCUT2D eigenvalue weighted by Crippen LogP contribution is 2.29. The van der Waals surface area contributed by atoms with Crippen molar-refractivity contribution in [3.05, 3.63) is 89.8 Å². The molecule has 0 saturated heterocycles. The zero-order valence-electron chi connectivity index (χ0n) is 13.5. The molecule has 25 heavy (non-hydrogen) atoms. The second-order valence-electron chi connectivity index (χ2n) is 5.29. The fourth-order valence-corrected chi connectivity index (χ4v) is 2.51. The van der Waals surface area contributed by atoms with E-state index in [9.17, 15) is 9.18 Å². The maximum atomic E-state index is 13.4. The van der Waals surface area contributed by atoms with Crippen LogP contribution in [0.15, 0.2) is 67.1 Å². The normalized spacial score (nSPS) is 11.6. The number of hydrogen-bond donors (Lipinski definition) is 1. The Morgan fingerprint density at radius 1 is 1.16 bits per heavy atom. The number of benzene rings is 1. The summed E-state index contributed by atoms with van der Waals surface area (Å²) in [4.78, 5) is 20.6. The molecule has 2 aromatic heterocycles. The summed E-state index contributed by atoms with van der Waals surface area (Å²) in [5, 5.41) is 2.88. The van der Waals surface area contributed by atoms with Crippen LogP contribution in [-0.4, -0.2) is 23.0 Å². The molecule has 0 aliphatic heterocycles. The summed E-state index contributed by atoms with van der Waals surface area (Å²) in [7, 11) is 1.56. The molecule has 0 aliphatic carbocycles. The first-order chi connectivity index (χ1) is 12.2. The van der Waals surface area contributed by atoms with Gasteiger partial charge in [0.15, 0.2) is 0 Å².